The highest BCUT2D eigenvalue weighted by atomic mass is 19.4. The van der Waals surface area contributed by atoms with Crippen LogP contribution in [-0.2, 0) is 9.47 Å². The molecule has 2 aliphatic heterocycles. The minimum atomic E-state index is -4.73. The van der Waals surface area contributed by atoms with Crippen molar-refractivity contribution in [1.82, 2.24) is 0 Å². The summed E-state index contributed by atoms with van der Waals surface area (Å²) in [4.78, 5) is 8.83. The lowest BCUT2D eigenvalue weighted by molar-refractivity contribution is -0.274. The largest absolute Gasteiger partial charge is 0.573 e. The summed E-state index contributed by atoms with van der Waals surface area (Å²) in [5, 5.41) is 0. The van der Waals surface area contributed by atoms with Crippen LogP contribution in [-0.4, -0.2) is 38.5 Å². The average Bonchev–Trinajstić information content (AvgIpc) is 3.36. The maximum atomic E-state index is 12.3. The first kappa shape index (κ1) is 20.1. The smallest absolute Gasteiger partial charge is 0.496 e. The van der Waals surface area contributed by atoms with Gasteiger partial charge in [-0.3, -0.25) is 0 Å². The van der Waals surface area contributed by atoms with Crippen molar-refractivity contribution < 1.29 is 32.1 Å². The molecule has 0 saturated heterocycles. The SMILES string of the molecule is COc1ccc(C2N=[C]OC2C2=NC(c3ccc(OC(F)(F)F)cc3)CO2)cc1C. The van der Waals surface area contributed by atoms with Gasteiger partial charge in [0.25, 0.3) is 6.40 Å². The zero-order valence-electron chi connectivity index (χ0n) is 16.1. The number of benzene rings is 2. The highest BCUT2D eigenvalue weighted by Crippen LogP contribution is 2.35. The van der Waals surface area contributed by atoms with E-state index in [1.165, 1.54) is 24.3 Å². The minimum Gasteiger partial charge on any atom is -0.496 e. The Bertz CT molecular complexity index is 973. The topological polar surface area (TPSA) is 61.6 Å². The van der Waals surface area contributed by atoms with Crippen LogP contribution >= 0.6 is 0 Å². The number of ether oxygens (including phenoxy) is 4. The summed E-state index contributed by atoms with van der Waals surface area (Å²) >= 11 is 0. The van der Waals surface area contributed by atoms with Gasteiger partial charge in [-0.25, -0.2) is 9.98 Å². The number of nitrogens with zero attached hydrogens (tertiary/aromatic N) is 2. The Hall–Kier alpha value is -3.23. The third kappa shape index (κ3) is 4.19. The highest BCUT2D eigenvalue weighted by molar-refractivity contribution is 5.86. The Balaban J connectivity index is 1.49. The fraction of sp³-hybridized carbons (Fsp3) is 0.333. The van der Waals surface area contributed by atoms with E-state index in [2.05, 4.69) is 21.1 Å². The van der Waals surface area contributed by atoms with Gasteiger partial charge in [0.15, 0.2) is 0 Å². The van der Waals surface area contributed by atoms with Crippen molar-refractivity contribution >= 4 is 12.3 Å². The van der Waals surface area contributed by atoms with E-state index in [0.29, 0.717) is 11.5 Å². The molecule has 6 nitrogen and oxygen atoms in total. The maximum Gasteiger partial charge on any atom is 0.573 e. The van der Waals surface area contributed by atoms with Gasteiger partial charge in [-0.05, 0) is 41.8 Å². The van der Waals surface area contributed by atoms with E-state index < -0.39 is 12.5 Å². The number of hydrogen-bond acceptors (Lipinski definition) is 6. The first-order valence-electron chi connectivity index (χ1n) is 9.15. The Kier molecular flexibility index (Phi) is 5.27. The number of halogens is 3. The summed E-state index contributed by atoms with van der Waals surface area (Å²) in [7, 11) is 1.61. The van der Waals surface area contributed by atoms with Crippen LogP contribution in [0.1, 0.15) is 28.8 Å². The van der Waals surface area contributed by atoms with Crippen LogP contribution in [0.4, 0.5) is 13.2 Å². The van der Waals surface area contributed by atoms with E-state index in [1.54, 1.807) is 7.11 Å². The van der Waals surface area contributed by atoms with E-state index in [9.17, 15) is 13.2 Å². The van der Waals surface area contributed by atoms with E-state index in [4.69, 9.17) is 14.2 Å². The lowest BCUT2D eigenvalue weighted by atomic mass is 10.00. The molecule has 2 heterocycles. The molecule has 0 N–H and O–H groups in total. The van der Waals surface area contributed by atoms with Crippen LogP contribution in [0.15, 0.2) is 52.4 Å². The quantitative estimate of drug-likeness (QED) is 0.720. The summed E-state index contributed by atoms with van der Waals surface area (Å²) in [6, 6.07) is 10.6. The second-order valence-electron chi connectivity index (χ2n) is 6.84. The molecular weight excluding hydrogens is 401 g/mol. The monoisotopic (exact) mass is 419 g/mol. The van der Waals surface area contributed by atoms with Gasteiger partial charge in [0.2, 0.25) is 12.0 Å². The molecule has 4 rings (SSSR count). The first-order chi connectivity index (χ1) is 14.3. The number of aryl methyl sites for hydroxylation is 1. The Morgan fingerprint density at radius 1 is 1.10 bits per heavy atom. The minimum absolute atomic E-state index is 0.253. The van der Waals surface area contributed by atoms with Crippen molar-refractivity contribution in [2.45, 2.75) is 31.5 Å². The zero-order valence-corrected chi connectivity index (χ0v) is 16.1. The van der Waals surface area contributed by atoms with Crippen molar-refractivity contribution in [2.75, 3.05) is 13.7 Å². The predicted octanol–water partition coefficient (Wildman–Crippen LogP) is 4.42. The van der Waals surface area contributed by atoms with Gasteiger partial charge in [0, 0.05) is 0 Å². The van der Waals surface area contributed by atoms with Gasteiger partial charge in [-0.15, -0.1) is 13.2 Å². The highest BCUT2D eigenvalue weighted by Gasteiger charge is 2.38. The van der Waals surface area contributed by atoms with Crippen molar-refractivity contribution in [1.29, 1.82) is 0 Å². The van der Waals surface area contributed by atoms with Crippen molar-refractivity contribution in [3.63, 3.8) is 0 Å². The van der Waals surface area contributed by atoms with Crippen LogP contribution < -0.4 is 9.47 Å². The lowest BCUT2D eigenvalue weighted by Gasteiger charge is -2.17. The molecule has 2 aromatic carbocycles. The molecule has 0 aliphatic carbocycles. The van der Waals surface area contributed by atoms with Crippen LogP contribution in [0.5, 0.6) is 11.5 Å². The standard InChI is InChI=1S/C21H18F3N2O4/c1-12-9-14(5-8-17(12)27-2)18-19(29-11-25-18)20-26-16(10-28-20)13-3-6-15(7-4-13)30-21(22,23)24/h3-9,16,18-19H,10H2,1-2H3. The summed E-state index contributed by atoms with van der Waals surface area (Å²) in [6.07, 6.45) is -2.75. The predicted molar refractivity (Wildman–Crippen MR) is 102 cm³/mol. The summed E-state index contributed by atoms with van der Waals surface area (Å²) < 4.78 is 57.4. The third-order valence-corrected chi connectivity index (χ3v) is 4.83. The molecule has 0 bridgehead atoms. The molecule has 157 valence electrons. The molecule has 0 aromatic heterocycles. The lowest BCUT2D eigenvalue weighted by Crippen LogP contribution is -2.26. The summed E-state index contributed by atoms with van der Waals surface area (Å²) in [6.45, 7) is 2.19. The van der Waals surface area contributed by atoms with Gasteiger partial charge in [0.1, 0.15) is 30.2 Å². The van der Waals surface area contributed by atoms with Gasteiger partial charge in [-0.1, -0.05) is 24.3 Å². The van der Waals surface area contributed by atoms with Crippen LogP contribution in [0.2, 0.25) is 0 Å². The average molecular weight is 419 g/mol. The number of alkyl halides is 3. The molecule has 0 fully saturated rings. The Morgan fingerprint density at radius 3 is 2.50 bits per heavy atom. The van der Waals surface area contributed by atoms with E-state index in [1.807, 2.05) is 25.1 Å². The number of methoxy groups -OCH3 is 1. The van der Waals surface area contributed by atoms with Gasteiger partial charge < -0.3 is 18.9 Å². The van der Waals surface area contributed by atoms with Crippen LogP contribution in [0, 0.1) is 6.92 Å². The van der Waals surface area contributed by atoms with Gasteiger partial charge in [-0.2, -0.15) is 0 Å². The van der Waals surface area contributed by atoms with E-state index in [-0.39, 0.29) is 24.4 Å². The summed E-state index contributed by atoms with van der Waals surface area (Å²) in [5.41, 5.74) is 2.58. The van der Waals surface area contributed by atoms with Crippen LogP contribution in [0.3, 0.4) is 0 Å². The van der Waals surface area contributed by atoms with Crippen molar-refractivity contribution in [3.8, 4) is 11.5 Å². The number of rotatable bonds is 5. The Morgan fingerprint density at radius 2 is 1.83 bits per heavy atom. The zero-order chi connectivity index (χ0) is 21.3. The molecular formula is C21H18F3N2O4. The molecule has 2 aliphatic rings. The summed E-state index contributed by atoms with van der Waals surface area (Å²) in [5.74, 6) is 0.865. The molecule has 3 atom stereocenters. The molecule has 2 aromatic rings. The molecule has 9 heteroatoms. The molecule has 0 amide bonds. The number of hydrogen-bond donors (Lipinski definition) is 0. The normalized spacial score (nSPS) is 23.0. The maximum absolute atomic E-state index is 12.3. The van der Waals surface area contributed by atoms with Gasteiger partial charge >= 0.3 is 6.36 Å². The molecule has 1 radical (unpaired) electrons. The molecule has 0 saturated carbocycles. The first-order valence-corrected chi connectivity index (χ1v) is 9.15. The fourth-order valence-electron chi connectivity index (χ4n) is 3.41. The number of aliphatic imine (C=N–C) groups is 2. The van der Waals surface area contributed by atoms with Crippen molar-refractivity contribution in [3.05, 3.63) is 59.2 Å². The van der Waals surface area contributed by atoms with Gasteiger partial charge in [0.05, 0.1) is 7.11 Å². The second-order valence-corrected chi connectivity index (χ2v) is 6.84. The molecule has 0 spiro atoms. The Labute approximate surface area is 171 Å². The van der Waals surface area contributed by atoms with Crippen molar-refractivity contribution in [2.24, 2.45) is 9.98 Å². The van der Waals surface area contributed by atoms with E-state index >= 15 is 0 Å². The van der Waals surface area contributed by atoms with Crippen LogP contribution in [0.25, 0.3) is 0 Å². The second kappa shape index (κ2) is 7.89. The van der Waals surface area contributed by atoms with E-state index in [0.717, 1.165) is 16.9 Å². The molecule has 30 heavy (non-hydrogen) atoms. The third-order valence-electron chi connectivity index (χ3n) is 4.83. The molecule has 3 unspecified atom stereocenters. The fourth-order valence-corrected chi connectivity index (χ4v) is 3.41.